The first-order chi connectivity index (χ1) is 22.4. The number of piperidine rings is 1. The van der Waals surface area contributed by atoms with Crippen LogP contribution in [0.5, 0.6) is 5.75 Å². The molecule has 1 aliphatic rings. The molecule has 0 unspecified atom stereocenters. The van der Waals surface area contributed by atoms with E-state index in [4.69, 9.17) is 42.6 Å². The second-order valence-electron chi connectivity index (χ2n) is 11.1. The summed E-state index contributed by atoms with van der Waals surface area (Å²) in [6.45, 7) is 13.2. The van der Waals surface area contributed by atoms with Crippen molar-refractivity contribution in [1.29, 1.82) is 0 Å². The Morgan fingerprint density at radius 3 is 1.42 bits per heavy atom. The van der Waals surface area contributed by atoms with Crippen LogP contribution in [-0.2, 0) is 44.3 Å². The van der Waals surface area contributed by atoms with Gasteiger partial charge in [-0.25, -0.2) is 0 Å². The van der Waals surface area contributed by atoms with Crippen molar-refractivity contribution in [2.24, 2.45) is 0 Å². The van der Waals surface area contributed by atoms with Crippen LogP contribution >= 0.6 is 0 Å². The van der Waals surface area contributed by atoms with E-state index >= 15 is 0 Å². The van der Waals surface area contributed by atoms with Gasteiger partial charge in [0.1, 0.15) is 12.4 Å². The van der Waals surface area contributed by atoms with Gasteiger partial charge in [0.2, 0.25) is 0 Å². The summed E-state index contributed by atoms with van der Waals surface area (Å²) in [7, 11) is 0. The molecule has 1 N–H and O–H groups in total. The summed E-state index contributed by atoms with van der Waals surface area (Å²) in [5.74, 6) is 0.891. The van der Waals surface area contributed by atoms with Gasteiger partial charge in [-0.3, -0.25) is 0 Å². The van der Waals surface area contributed by atoms with Gasteiger partial charge in [-0.15, -0.1) is 0 Å². The SMILES string of the molecule is CCCCCCCCc1ccc(OCCOCCOCCOCCOCCOCCOCCOCCOC2CCNCC2)cc1. The molecule has 0 aromatic heterocycles. The van der Waals surface area contributed by atoms with Crippen molar-refractivity contribution in [3.8, 4) is 5.75 Å². The Bertz CT molecular complexity index is 734. The van der Waals surface area contributed by atoms with Gasteiger partial charge in [0.05, 0.1) is 105 Å². The molecule has 1 fully saturated rings. The van der Waals surface area contributed by atoms with E-state index < -0.39 is 0 Å². The van der Waals surface area contributed by atoms with Crippen LogP contribution in [0.15, 0.2) is 24.3 Å². The zero-order valence-corrected chi connectivity index (χ0v) is 28.2. The number of rotatable bonds is 33. The summed E-state index contributed by atoms with van der Waals surface area (Å²) in [6.07, 6.45) is 11.7. The predicted octanol–water partition coefficient (Wildman–Crippen LogP) is 4.85. The number of nitrogens with one attached hydrogen (secondary N) is 1. The lowest BCUT2D eigenvalue weighted by Gasteiger charge is -2.22. The van der Waals surface area contributed by atoms with Crippen molar-refractivity contribution in [2.45, 2.75) is 70.8 Å². The third kappa shape index (κ3) is 25.4. The van der Waals surface area contributed by atoms with E-state index in [1.54, 1.807) is 0 Å². The van der Waals surface area contributed by atoms with Crippen molar-refractivity contribution in [3.63, 3.8) is 0 Å². The van der Waals surface area contributed by atoms with Crippen LogP contribution in [0.2, 0.25) is 0 Å². The Labute approximate surface area is 273 Å². The Hall–Kier alpha value is -1.34. The first kappa shape index (κ1) is 39.8. The molecule has 1 aromatic carbocycles. The van der Waals surface area contributed by atoms with E-state index in [0.29, 0.717) is 112 Å². The van der Waals surface area contributed by atoms with Crippen LogP contribution in [0.3, 0.4) is 0 Å². The van der Waals surface area contributed by atoms with Gasteiger partial charge < -0.3 is 47.9 Å². The van der Waals surface area contributed by atoms with E-state index in [2.05, 4.69) is 36.5 Å². The summed E-state index contributed by atoms with van der Waals surface area (Å²) in [6, 6.07) is 8.45. The van der Waals surface area contributed by atoms with Crippen molar-refractivity contribution in [3.05, 3.63) is 29.8 Å². The van der Waals surface area contributed by atoms with E-state index in [9.17, 15) is 0 Å². The maximum Gasteiger partial charge on any atom is 0.119 e. The van der Waals surface area contributed by atoms with Gasteiger partial charge in [0.25, 0.3) is 0 Å². The molecule has 0 saturated carbocycles. The van der Waals surface area contributed by atoms with Crippen LogP contribution in [0, 0.1) is 0 Å². The topological polar surface area (TPSA) is 95.1 Å². The molecule has 0 aliphatic carbocycles. The highest BCUT2D eigenvalue weighted by atomic mass is 16.6. The third-order valence-corrected chi connectivity index (χ3v) is 7.34. The third-order valence-electron chi connectivity index (χ3n) is 7.34. The summed E-state index contributed by atoms with van der Waals surface area (Å²) in [5, 5.41) is 3.33. The average molecular weight is 642 g/mol. The number of aryl methyl sites for hydroxylation is 1. The van der Waals surface area contributed by atoms with Crippen LogP contribution in [-0.4, -0.2) is 125 Å². The predicted molar refractivity (Wildman–Crippen MR) is 177 cm³/mol. The van der Waals surface area contributed by atoms with Crippen LogP contribution < -0.4 is 10.1 Å². The molecular formula is C35H63NO9. The lowest BCUT2D eigenvalue weighted by atomic mass is 10.0. The largest absolute Gasteiger partial charge is 0.491 e. The summed E-state index contributed by atoms with van der Waals surface area (Å²) >= 11 is 0. The molecule has 0 spiro atoms. The molecule has 0 bridgehead atoms. The maximum atomic E-state index is 5.80. The molecule has 2 rings (SSSR count). The van der Waals surface area contributed by atoms with Gasteiger partial charge >= 0.3 is 0 Å². The smallest absolute Gasteiger partial charge is 0.119 e. The molecule has 0 amide bonds. The van der Waals surface area contributed by atoms with E-state index in [1.807, 2.05) is 0 Å². The molecule has 0 atom stereocenters. The zero-order chi connectivity index (χ0) is 31.7. The molecule has 1 aliphatic heterocycles. The van der Waals surface area contributed by atoms with Crippen molar-refractivity contribution >= 4 is 0 Å². The fourth-order valence-corrected chi connectivity index (χ4v) is 4.74. The van der Waals surface area contributed by atoms with Gasteiger partial charge in [-0.1, -0.05) is 51.2 Å². The van der Waals surface area contributed by atoms with Gasteiger partial charge in [0.15, 0.2) is 0 Å². The zero-order valence-electron chi connectivity index (χ0n) is 28.2. The van der Waals surface area contributed by atoms with Crippen LogP contribution in [0.25, 0.3) is 0 Å². The van der Waals surface area contributed by atoms with Crippen LogP contribution in [0.4, 0.5) is 0 Å². The minimum atomic E-state index is 0.377. The molecule has 1 aromatic rings. The normalized spacial score (nSPS) is 13.9. The Morgan fingerprint density at radius 2 is 0.933 bits per heavy atom. The van der Waals surface area contributed by atoms with Crippen LogP contribution in [0.1, 0.15) is 63.9 Å². The van der Waals surface area contributed by atoms with Gasteiger partial charge in [-0.2, -0.15) is 0 Å². The Kier molecular flexibility index (Phi) is 27.7. The second kappa shape index (κ2) is 31.3. The van der Waals surface area contributed by atoms with E-state index in [0.717, 1.165) is 38.1 Å². The standard InChI is InChI=1S/C35H63NO9/c1-2-3-4-5-6-7-8-33-9-11-34(12-10-33)44-31-29-42-27-25-40-23-21-38-19-17-37-18-20-39-22-24-41-26-28-43-30-32-45-35-13-15-36-16-14-35/h9-12,35-36H,2-8,13-32H2,1H3. The summed E-state index contributed by atoms with van der Waals surface area (Å²) in [4.78, 5) is 0. The Balaban J connectivity index is 1.20. The first-order valence-corrected chi connectivity index (χ1v) is 17.5. The number of hydrogen-bond acceptors (Lipinski definition) is 10. The minimum absolute atomic E-state index is 0.377. The number of hydrogen-bond donors (Lipinski definition) is 1. The van der Waals surface area contributed by atoms with Crippen molar-refractivity contribution < 1.29 is 42.6 Å². The number of unbranched alkanes of at least 4 members (excludes halogenated alkanes) is 5. The fourth-order valence-electron chi connectivity index (χ4n) is 4.74. The van der Waals surface area contributed by atoms with Crippen molar-refractivity contribution in [1.82, 2.24) is 5.32 Å². The molecular weight excluding hydrogens is 578 g/mol. The van der Waals surface area contributed by atoms with Crippen molar-refractivity contribution in [2.75, 3.05) is 119 Å². The molecule has 10 heteroatoms. The first-order valence-electron chi connectivity index (χ1n) is 17.5. The lowest BCUT2D eigenvalue weighted by molar-refractivity contribution is -0.0314. The highest BCUT2D eigenvalue weighted by Crippen LogP contribution is 2.15. The minimum Gasteiger partial charge on any atom is -0.491 e. The highest BCUT2D eigenvalue weighted by Gasteiger charge is 2.12. The number of ether oxygens (including phenoxy) is 9. The number of benzene rings is 1. The molecule has 10 nitrogen and oxygen atoms in total. The summed E-state index contributed by atoms with van der Waals surface area (Å²) in [5.41, 5.74) is 1.38. The second-order valence-corrected chi connectivity index (χ2v) is 11.1. The highest BCUT2D eigenvalue weighted by molar-refractivity contribution is 5.27. The molecule has 262 valence electrons. The van der Waals surface area contributed by atoms with Gasteiger partial charge in [-0.05, 0) is 56.5 Å². The lowest BCUT2D eigenvalue weighted by Crippen LogP contribution is -2.33. The van der Waals surface area contributed by atoms with E-state index in [1.165, 1.54) is 44.1 Å². The molecule has 0 radical (unpaired) electrons. The van der Waals surface area contributed by atoms with E-state index in [-0.39, 0.29) is 0 Å². The molecule has 45 heavy (non-hydrogen) atoms. The molecule has 1 heterocycles. The molecule has 1 saturated heterocycles. The quantitative estimate of drug-likeness (QED) is 0.107. The average Bonchev–Trinajstić information content (AvgIpc) is 3.07. The monoisotopic (exact) mass is 641 g/mol. The van der Waals surface area contributed by atoms with Gasteiger partial charge in [0, 0.05) is 0 Å². The summed E-state index contributed by atoms with van der Waals surface area (Å²) < 4.78 is 50.3. The fraction of sp³-hybridized carbons (Fsp3) is 0.829. The maximum absolute atomic E-state index is 5.80. The Morgan fingerprint density at radius 1 is 0.511 bits per heavy atom.